The van der Waals surface area contributed by atoms with E-state index in [0.29, 0.717) is 5.57 Å². The molecule has 0 saturated heterocycles. The van der Waals surface area contributed by atoms with Crippen molar-refractivity contribution in [3.8, 4) is 0 Å². The van der Waals surface area contributed by atoms with E-state index < -0.39 is 6.03 Å². The third-order valence-electron chi connectivity index (χ3n) is 0.899. The van der Waals surface area contributed by atoms with E-state index in [1.807, 2.05) is 0 Å². The van der Waals surface area contributed by atoms with Crippen molar-refractivity contribution in [1.29, 1.82) is 0 Å². The molecule has 0 aromatic heterocycles. The summed E-state index contributed by atoms with van der Waals surface area (Å²) in [6.45, 7) is 4.99. The maximum Gasteiger partial charge on any atom is 0.313 e. The fraction of sp³-hybridized carbons (Fsp3) is 0.333. The SMILES string of the molecule is C=C(C)C(=O)NCNC(N)=O. The normalized spacial score (nSPS) is 8.45. The topological polar surface area (TPSA) is 84.2 Å². The van der Waals surface area contributed by atoms with Gasteiger partial charge in [0.15, 0.2) is 0 Å². The maximum absolute atomic E-state index is 10.7. The summed E-state index contributed by atoms with van der Waals surface area (Å²) in [6, 6.07) is -0.674. The van der Waals surface area contributed by atoms with Crippen LogP contribution in [0.2, 0.25) is 0 Å². The second-order valence-corrected chi connectivity index (χ2v) is 2.00. The molecule has 62 valence electrons. The number of primary amides is 1. The monoisotopic (exact) mass is 157 g/mol. The number of carbonyl (C=O) groups is 2. The highest BCUT2D eigenvalue weighted by atomic mass is 16.2. The summed E-state index contributed by atoms with van der Waals surface area (Å²) in [6.07, 6.45) is 0. The van der Waals surface area contributed by atoms with E-state index in [1.54, 1.807) is 6.92 Å². The Kier molecular flexibility index (Phi) is 3.72. The van der Waals surface area contributed by atoms with Gasteiger partial charge < -0.3 is 16.4 Å². The lowest BCUT2D eigenvalue weighted by Crippen LogP contribution is -2.39. The second-order valence-electron chi connectivity index (χ2n) is 2.00. The molecule has 0 unspecified atom stereocenters. The van der Waals surface area contributed by atoms with Gasteiger partial charge in [-0.15, -0.1) is 0 Å². The van der Waals surface area contributed by atoms with Gasteiger partial charge in [-0.1, -0.05) is 6.58 Å². The van der Waals surface area contributed by atoms with Crippen LogP contribution in [0.3, 0.4) is 0 Å². The van der Waals surface area contributed by atoms with Gasteiger partial charge in [-0.05, 0) is 6.92 Å². The molecule has 0 aliphatic heterocycles. The summed E-state index contributed by atoms with van der Waals surface area (Å²) in [5.41, 5.74) is 5.12. The number of hydrogen-bond donors (Lipinski definition) is 3. The van der Waals surface area contributed by atoms with Crippen LogP contribution in [-0.2, 0) is 4.79 Å². The minimum atomic E-state index is -0.674. The Labute approximate surface area is 64.6 Å². The predicted octanol–water partition coefficient (Wildman–Crippen LogP) is -0.696. The Hall–Kier alpha value is -1.52. The summed E-state index contributed by atoms with van der Waals surface area (Å²) >= 11 is 0. The second kappa shape index (κ2) is 4.32. The number of hydrogen-bond acceptors (Lipinski definition) is 2. The maximum atomic E-state index is 10.7. The summed E-state index contributed by atoms with van der Waals surface area (Å²) < 4.78 is 0. The summed E-state index contributed by atoms with van der Waals surface area (Å²) in [7, 11) is 0. The molecular weight excluding hydrogens is 146 g/mol. The van der Waals surface area contributed by atoms with Crippen LogP contribution < -0.4 is 16.4 Å². The van der Waals surface area contributed by atoms with Gasteiger partial charge in [0.1, 0.15) is 0 Å². The molecule has 0 fully saturated rings. The molecule has 0 rings (SSSR count). The number of nitrogens with two attached hydrogens (primary N) is 1. The van der Waals surface area contributed by atoms with Gasteiger partial charge in [0.05, 0.1) is 6.67 Å². The van der Waals surface area contributed by atoms with Crippen LogP contribution in [0.1, 0.15) is 6.92 Å². The molecule has 0 radical (unpaired) electrons. The Morgan fingerprint density at radius 1 is 1.45 bits per heavy atom. The number of rotatable bonds is 3. The van der Waals surface area contributed by atoms with E-state index >= 15 is 0 Å². The molecule has 0 saturated carbocycles. The Bertz CT molecular complexity index is 188. The molecular formula is C6H11N3O2. The quantitative estimate of drug-likeness (QED) is 0.374. The smallest absolute Gasteiger partial charge is 0.313 e. The van der Waals surface area contributed by atoms with E-state index in [9.17, 15) is 9.59 Å². The van der Waals surface area contributed by atoms with Crippen molar-refractivity contribution in [3.63, 3.8) is 0 Å². The molecule has 5 nitrogen and oxygen atoms in total. The number of amides is 3. The van der Waals surface area contributed by atoms with Crippen molar-refractivity contribution in [2.24, 2.45) is 5.73 Å². The van der Waals surface area contributed by atoms with E-state index in [4.69, 9.17) is 5.73 Å². The van der Waals surface area contributed by atoms with E-state index in [1.165, 1.54) is 0 Å². The third kappa shape index (κ3) is 4.95. The van der Waals surface area contributed by atoms with Crippen LogP contribution in [0.15, 0.2) is 12.2 Å². The largest absolute Gasteiger partial charge is 0.352 e. The highest BCUT2D eigenvalue weighted by Gasteiger charge is 1.99. The van der Waals surface area contributed by atoms with Gasteiger partial charge >= 0.3 is 6.03 Å². The van der Waals surface area contributed by atoms with E-state index in [2.05, 4.69) is 17.2 Å². The van der Waals surface area contributed by atoms with Crippen LogP contribution >= 0.6 is 0 Å². The number of carbonyl (C=O) groups excluding carboxylic acids is 2. The molecule has 3 amide bonds. The third-order valence-corrected chi connectivity index (χ3v) is 0.899. The van der Waals surface area contributed by atoms with Crippen molar-refractivity contribution in [3.05, 3.63) is 12.2 Å². The minimum absolute atomic E-state index is 0.0288. The molecule has 0 heterocycles. The van der Waals surface area contributed by atoms with Crippen LogP contribution in [0.25, 0.3) is 0 Å². The number of urea groups is 1. The van der Waals surface area contributed by atoms with Gasteiger partial charge in [0.2, 0.25) is 5.91 Å². The first-order valence-electron chi connectivity index (χ1n) is 3.01. The van der Waals surface area contributed by atoms with Crippen molar-refractivity contribution in [2.75, 3.05) is 6.67 Å². The first-order valence-corrected chi connectivity index (χ1v) is 3.01. The van der Waals surface area contributed by atoms with Crippen molar-refractivity contribution in [2.45, 2.75) is 6.92 Å². The molecule has 0 atom stereocenters. The molecule has 0 aliphatic rings. The first-order chi connectivity index (χ1) is 5.04. The molecule has 0 aromatic carbocycles. The molecule has 0 aliphatic carbocycles. The Morgan fingerprint density at radius 2 is 2.00 bits per heavy atom. The molecule has 0 bridgehead atoms. The fourth-order valence-corrected chi connectivity index (χ4v) is 0.362. The zero-order valence-electron chi connectivity index (χ0n) is 6.31. The van der Waals surface area contributed by atoms with Crippen molar-refractivity contribution >= 4 is 11.9 Å². The van der Waals surface area contributed by atoms with E-state index in [0.717, 1.165) is 0 Å². The molecule has 11 heavy (non-hydrogen) atoms. The van der Waals surface area contributed by atoms with Gasteiger partial charge in [-0.3, -0.25) is 4.79 Å². The molecule has 0 spiro atoms. The highest BCUT2D eigenvalue weighted by molar-refractivity contribution is 5.92. The summed E-state index contributed by atoms with van der Waals surface area (Å²) in [5.74, 6) is -0.307. The van der Waals surface area contributed by atoms with Crippen LogP contribution in [0.4, 0.5) is 4.79 Å². The summed E-state index contributed by atoms with van der Waals surface area (Å²) in [5, 5.41) is 4.56. The van der Waals surface area contributed by atoms with Gasteiger partial charge in [0.25, 0.3) is 0 Å². The van der Waals surface area contributed by atoms with Crippen molar-refractivity contribution in [1.82, 2.24) is 10.6 Å². The zero-order valence-corrected chi connectivity index (χ0v) is 6.31. The molecule has 5 heteroatoms. The number of nitrogens with one attached hydrogen (secondary N) is 2. The van der Waals surface area contributed by atoms with Crippen LogP contribution in [0.5, 0.6) is 0 Å². The Morgan fingerprint density at radius 3 is 2.36 bits per heavy atom. The van der Waals surface area contributed by atoms with Crippen LogP contribution in [-0.4, -0.2) is 18.6 Å². The molecule has 0 aromatic rings. The average molecular weight is 157 g/mol. The van der Waals surface area contributed by atoms with E-state index in [-0.39, 0.29) is 12.6 Å². The first kappa shape index (κ1) is 9.48. The lowest BCUT2D eigenvalue weighted by Gasteiger charge is -2.03. The lowest BCUT2D eigenvalue weighted by atomic mass is 10.3. The molecule has 4 N–H and O–H groups in total. The highest BCUT2D eigenvalue weighted by Crippen LogP contribution is 1.82. The van der Waals surface area contributed by atoms with Gasteiger partial charge in [-0.2, -0.15) is 0 Å². The Balaban J connectivity index is 3.47. The lowest BCUT2D eigenvalue weighted by molar-refractivity contribution is -0.117. The standard InChI is InChI=1S/C6H11N3O2/c1-4(2)5(10)8-3-9-6(7)11/h1,3H2,2H3,(H,8,10)(H3,7,9,11). The predicted molar refractivity (Wildman–Crippen MR) is 40.5 cm³/mol. The summed E-state index contributed by atoms with van der Waals surface area (Å²) in [4.78, 5) is 20.8. The zero-order chi connectivity index (χ0) is 8.85. The average Bonchev–Trinajstić information content (AvgIpc) is 1.86. The van der Waals surface area contributed by atoms with Gasteiger partial charge in [0, 0.05) is 5.57 Å². The van der Waals surface area contributed by atoms with Crippen molar-refractivity contribution < 1.29 is 9.59 Å². The van der Waals surface area contributed by atoms with Crippen LogP contribution in [0, 0.1) is 0 Å². The minimum Gasteiger partial charge on any atom is -0.352 e. The fourth-order valence-electron chi connectivity index (χ4n) is 0.362. The van der Waals surface area contributed by atoms with Gasteiger partial charge in [-0.25, -0.2) is 4.79 Å².